The molecule has 0 spiro atoms. The summed E-state index contributed by atoms with van der Waals surface area (Å²) in [6, 6.07) is 15.1. The lowest BCUT2D eigenvalue weighted by Crippen LogP contribution is -3.13. The van der Waals surface area contributed by atoms with Gasteiger partial charge in [0.1, 0.15) is 12.3 Å². The van der Waals surface area contributed by atoms with Crippen LogP contribution in [0.4, 0.5) is 11.4 Å². The molecular formula is C18H22N3O3+. The summed E-state index contributed by atoms with van der Waals surface area (Å²) in [5.74, 6) is 0.861. The van der Waals surface area contributed by atoms with Gasteiger partial charge in [-0.2, -0.15) is 0 Å². The molecule has 0 bridgehead atoms. The van der Waals surface area contributed by atoms with Gasteiger partial charge in [-0.05, 0) is 30.3 Å². The van der Waals surface area contributed by atoms with Crippen molar-refractivity contribution < 1.29 is 14.6 Å². The molecule has 0 atom stereocenters. The molecule has 1 heterocycles. The van der Waals surface area contributed by atoms with E-state index in [0.717, 1.165) is 37.5 Å². The Kier molecular flexibility index (Phi) is 4.96. The van der Waals surface area contributed by atoms with Crippen LogP contribution in [-0.2, 0) is 6.54 Å². The number of quaternary nitrogens is 1. The topological polar surface area (TPSA) is 60.0 Å². The molecule has 1 saturated heterocycles. The predicted molar refractivity (Wildman–Crippen MR) is 92.7 cm³/mol. The largest absolute Gasteiger partial charge is 0.497 e. The van der Waals surface area contributed by atoms with Gasteiger partial charge in [0.15, 0.2) is 0 Å². The zero-order valence-corrected chi connectivity index (χ0v) is 13.8. The zero-order valence-electron chi connectivity index (χ0n) is 13.8. The summed E-state index contributed by atoms with van der Waals surface area (Å²) in [5.41, 5.74) is 2.23. The van der Waals surface area contributed by atoms with Crippen LogP contribution >= 0.6 is 0 Å². The number of rotatable bonds is 5. The molecular weight excluding hydrogens is 306 g/mol. The Labute approximate surface area is 141 Å². The molecule has 0 aromatic heterocycles. The second-order valence-electron chi connectivity index (χ2n) is 6.00. The average Bonchev–Trinajstić information content (AvgIpc) is 2.63. The van der Waals surface area contributed by atoms with Crippen LogP contribution in [0.2, 0.25) is 0 Å². The van der Waals surface area contributed by atoms with Crippen molar-refractivity contribution in [3.8, 4) is 5.75 Å². The minimum absolute atomic E-state index is 0.225. The second-order valence-corrected chi connectivity index (χ2v) is 6.00. The molecule has 1 aliphatic heterocycles. The van der Waals surface area contributed by atoms with Gasteiger partial charge in [0.2, 0.25) is 0 Å². The van der Waals surface area contributed by atoms with Gasteiger partial charge in [0.05, 0.1) is 43.8 Å². The molecule has 1 aliphatic rings. The molecule has 2 aromatic rings. The molecule has 6 heteroatoms. The second kappa shape index (κ2) is 7.31. The van der Waals surface area contributed by atoms with Crippen LogP contribution in [-0.4, -0.2) is 38.2 Å². The van der Waals surface area contributed by atoms with E-state index in [4.69, 9.17) is 4.74 Å². The number of para-hydroxylation sites is 1. The highest BCUT2D eigenvalue weighted by atomic mass is 16.6. The molecule has 0 radical (unpaired) electrons. The van der Waals surface area contributed by atoms with Crippen LogP contribution in [0.1, 0.15) is 5.56 Å². The van der Waals surface area contributed by atoms with E-state index in [9.17, 15) is 10.1 Å². The number of hydrogen-bond acceptors (Lipinski definition) is 4. The van der Waals surface area contributed by atoms with Crippen molar-refractivity contribution in [1.29, 1.82) is 0 Å². The minimum Gasteiger partial charge on any atom is -0.497 e. The van der Waals surface area contributed by atoms with E-state index in [1.54, 1.807) is 19.2 Å². The van der Waals surface area contributed by atoms with Gasteiger partial charge >= 0.3 is 0 Å². The fourth-order valence-corrected chi connectivity index (χ4v) is 3.16. The van der Waals surface area contributed by atoms with E-state index < -0.39 is 0 Å². The average molecular weight is 328 g/mol. The molecule has 0 amide bonds. The third-order valence-electron chi connectivity index (χ3n) is 4.54. The highest BCUT2D eigenvalue weighted by molar-refractivity contribution is 5.49. The third kappa shape index (κ3) is 3.65. The summed E-state index contributed by atoms with van der Waals surface area (Å²) in [7, 11) is 1.67. The molecule has 3 rings (SSSR count). The van der Waals surface area contributed by atoms with E-state index >= 15 is 0 Å². The number of hydrogen-bond donors (Lipinski definition) is 1. The van der Waals surface area contributed by atoms with Gasteiger partial charge < -0.3 is 14.5 Å². The summed E-state index contributed by atoms with van der Waals surface area (Å²) in [4.78, 5) is 14.6. The first-order valence-corrected chi connectivity index (χ1v) is 8.12. The van der Waals surface area contributed by atoms with Crippen molar-refractivity contribution in [3.05, 3.63) is 64.2 Å². The number of benzene rings is 2. The van der Waals surface area contributed by atoms with E-state index in [1.807, 2.05) is 24.3 Å². The normalized spacial score (nSPS) is 15.3. The minimum atomic E-state index is -0.289. The first-order chi connectivity index (χ1) is 11.7. The fourth-order valence-electron chi connectivity index (χ4n) is 3.16. The van der Waals surface area contributed by atoms with Crippen LogP contribution in [0.25, 0.3) is 0 Å². The Morgan fingerprint density at radius 2 is 1.79 bits per heavy atom. The first kappa shape index (κ1) is 16.3. The van der Waals surface area contributed by atoms with E-state index in [0.29, 0.717) is 6.54 Å². The van der Waals surface area contributed by atoms with Gasteiger partial charge in [0.25, 0.3) is 5.69 Å². The summed E-state index contributed by atoms with van der Waals surface area (Å²) in [6.07, 6.45) is 0. The Morgan fingerprint density at radius 1 is 1.12 bits per heavy atom. The van der Waals surface area contributed by atoms with Crippen LogP contribution in [0.5, 0.6) is 5.75 Å². The molecule has 0 saturated carbocycles. The highest BCUT2D eigenvalue weighted by Crippen LogP contribution is 2.19. The Morgan fingerprint density at radius 3 is 2.42 bits per heavy atom. The van der Waals surface area contributed by atoms with Gasteiger partial charge in [-0.3, -0.25) is 10.1 Å². The van der Waals surface area contributed by atoms with Crippen LogP contribution in [0, 0.1) is 10.1 Å². The van der Waals surface area contributed by atoms with Gasteiger partial charge in [0, 0.05) is 11.8 Å². The van der Waals surface area contributed by atoms with E-state index in [2.05, 4.69) is 17.0 Å². The monoisotopic (exact) mass is 328 g/mol. The van der Waals surface area contributed by atoms with Crippen molar-refractivity contribution >= 4 is 11.4 Å². The predicted octanol–water partition coefficient (Wildman–Crippen LogP) is 1.51. The maximum absolute atomic E-state index is 11.1. The molecule has 1 fully saturated rings. The van der Waals surface area contributed by atoms with Crippen LogP contribution in [0.3, 0.4) is 0 Å². The van der Waals surface area contributed by atoms with Gasteiger partial charge in [-0.25, -0.2) is 0 Å². The van der Waals surface area contributed by atoms with E-state index in [1.165, 1.54) is 10.6 Å². The van der Waals surface area contributed by atoms with Crippen molar-refractivity contribution in [2.75, 3.05) is 38.2 Å². The number of piperazine rings is 1. The number of nitrogens with zero attached hydrogens (tertiary/aromatic N) is 2. The number of nitrogens with one attached hydrogen (secondary N) is 1. The van der Waals surface area contributed by atoms with Gasteiger partial charge in [-0.1, -0.05) is 12.1 Å². The summed E-state index contributed by atoms with van der Waals surface area (Å²) in [5, 5.41) is 11.1. The Hall–Kier alpha value is -2.60. The summed E-state index contributed by atoms with van der Waals surface area (Å²) >= 11 is 0. The quantitative estimate of drug-likeness (QED) is 0.668. The number of anilines is 1. The molecule has 6 nitrogen and oxygen atoms in total. The molecule has 0 aliphatic carbocycles. The molecule has 0 unspecified atom stereocenters. The smallest absolute Gasteiger partial charge is 0.278 e. The maximum Gasteiger partial charge on any atom is 0.278 e. The lowest BCUT2D eigenvalue weighted by molar-refractivity contribution is -0.914. The summed E-state index contributed by atoms with van der Waals surface area (Å²) in [6.45, 7) is 4.54. The van der Waals surface area contributed by atoms with Crippen molar-refractivity contribution in [2.24, 2.45) is 0 Å². The first-order valence-electron chi connectivity index (χ1n) is 8.12. The van der Waals surface area contributed by atoms with Crippen LogP contribution < -0.4 is 14.5 Å². The molecule has 1 N–H and O–H groups in total. The molecule has 2 aromatic carbocycles. The third-order valence-corrected chi connectivity index (χ3v) is 4.54. The molecule has 126 valence electrons. The zero-order chi connectivity index (χ0) is 16.9. The number of nitro benzene ring substituents is 1. The lowest BCUT2D eigenvalue weighted by atomic mass is 10.1. The number of ether oxygens (including phenoxy) is 1. The van der Waals surface area contributed by atoms with Crippen molar-refractivity contribution in [2.45, 2.75) is 6.54 Å². The lowest BCUT2D eigenvalue weighted by Gasteiger charge is -2.33. The fraction of sp³-hybridized carbons (Fsp3) is 0.333. The Balaban J connectivity index is 1.60. The van der Waals surface area contributed by atoms with E-state index in [-0.39, 0.29) is 10.6 Å². The van der Waals surface area contributed by atoms with Crippen LogP contribution in [0.15, 0.2) is 48.5 Å². The Bertz CT molecular complexity index is 695. The summed E-state index contributed by atoms with van der Waals surface area (Å²) < 4.78 is 5.19. The number of methoxy groups -OCH3 is 1. The molecule has 24 heavy (non-hydrogen) atoms. The standard InChI is InChI=1S/C18H21N3O3/c1-24-17-8-6-16(7-9-17)20-12-10-19(11-13-20)14-15-4-2-3-5-18(15)21(22)23/h2-9H,10-14H2,1H3/p+1. The maximum atomic E-state index is 11.1. The number of nitro groups is 1. The van der Waals surface area contributed by atoms with Crippen molar-refractivity contribution in [3.63, 3.8) is 0 Å². The van der Waals surface area contributed by atoms with Gasteiger partial charge in [-0.15, -0.1) is 0 Å². The highest BCUT2D eigenvalue weighted by Gasteiger charge is 2.23. The SMILES string of the molecule is COc1ccc(N2CC[NH+](Cc3ccccc3[N+](=O)[O-])CC2)cc1. The van der Waals surface area contributed by atoms with Crippen molar-refractivity contribution in [1.82, 2.24) is 0 Å².